The van der Waals surface area contributed by atoms with Crippen LogP contribution in [0.3, 0.4) is 0 Å². The average Bonchev–Trinajstić information content (AvgIpc) is 2.94. The van der Waals surface area contributed by atoms with Crippen molar-refractivity contribution < 1.29 is 38.6 Å². The molecule has 2 aromatic carbocycles. The van der Waals surface area contributed by atoms with E-state index in [9.17, 15) is 9.59 Å². The summed E-state index contributed by atoms with van der Waals surface area (Å²) in [6.07, 6.45) is 9.42. The molecule has 0 bridgehead atoms. The molecule has 0 heterocycles. The number of carbonyl (C=O) groups excluding carboxylic acids is 2. The number of rotatable bonds is 11. The standard InChI is InChI=1S/C17H21O.C15H19O3.Co.O/c1-12(2)15-10-9-13(3)16(17(15)18)11-14-7-5-4-6-8-14;1-2-15(16)18-13-9-4-3-8-12-17-14-10-6-5-7-11-14;;/h5-8,11-13,15H,9-10H2,1-3H3;2,6-7,10-11H,1,3-4,8-9,12-13H2;;/q2*-1;;. The molecule has 0 radical (unpaired) electrons. The summed E-state index contributed by atoms with van der Waals surface area (Å²) in [5.41, 5.74) is 2.11. The van der Waals surface area contributed by atoms with Crippen molar-refractivity contribution in [1.29, 1.82) is 0 Å². The maximum atomic E-state index is 12.5. The molecule has 0 amide bonds. The first kappa shape index (κ1) is 33.2. The van der Waals surface area contributed by atoms with Gasteiger partial charge in [0.2, 0.25) is 0 Å². The molecule has 209 valence electrons. The van der Waals surface area contributed by atoms with E-state index in [4.69, 9.17) is 13.3 Å². The third kappa shape index (κ3) is 13.1. The van der Waals surface area contributed by atoms with Crippen molar-refractivity contribution in [2.24, 2.45) is 17.8 Å². The Morgan fingerprint density at radius 3 is 2.16 bits per heavy atom. The van der Waals surface area contributed by atoms with Gasteiger partial charge >= 0.3 is 25.5 Å². The molecule has 2 aromatic rings. The SMILES string of the molecule is C=CC(=O)OCCCCCCOc1cc[c-]cc1.CC1CCC(C(C)C)C(=O)C1=Cc1cc[c-]cc1.[O]=[Co]. The van der Waals surface area contributed by atoms with Gasteiger partial charge in [-0.1, -0.05) is 33.4 Å². The van der Waals surface area contributed by atoms with E-state index in [-0.39, 0.29) is 11.9 Å². The molecule has 1 fully saturated rings. The number of Topliss-reactive ketones (excluding diaryl/α,β-unsaturated/α-hetero) is 1. The van der Waals surface area contributed by atoms with Crippen molar-refractivity contribution in [1.82, 2.24) is 0 Å². The van der Waals surface area contributed by atoms with Gasteiger partial charge in [-0.15, -0.1) is 17.7 Å². The van der Waals surface area contributed by atoms with Crippen LogP contribution in [-0.4, -0.2) is 25.0 Å². The van der Waals surface area contributed by atoms with Gasteiger partial charge in [-0.3, -0.25) is 4.79 Å². The maximum absolute atomic E-state index is 12.5. The van der Waals surface area contributed by atoms with E-state index in [1.165, 1.54) is 6.08 Å². The van der Waals surface area contributed by atoms with Crippen LogP contribution < -0.4 is 4.74 Å². The number of carbonyl (C=O) groups is 2. The minimum absolute atomic E-state index is 0.211. The molecule has 3 rings (SSSR count). The molecular weight excluding hydrogens is 523 g/mol. The Kier molecular flexibility index (Phi) is 17.6. The van der Waals surface area contributed by atoms with Gasteiger partial charge in [-0.25, -0.2) is 4.79 Å². The first-order valence-electron chi connectivity index (χ1n) is 13.2. The Hall–Kier alpha value is -2.83. The van der Waals surface area contributed by atoms with Gasteiger partial charge < -0.3 is 9.47 Å². The molecule has 1 aliphatic carbocycles. The second-order valence-corrected chi connectivity index (χ2v) is 9.50. The summed E-state index contributed by atoms with van der Waals surface area (Å²) in [4.78, 5) is 23.2. The zero-order chi connectivity index (χ0) is 28.2. The van der Waals surface area contributed by atoms with Gasteiger partial charge in [0.05, 0.1) is 13.2 Å². The Bertz CT molecular complexity index is 972. The van der Waals surface area contributed by atoms with Gasteiger partial charge in [0, 0.05) is 17.7 Å². The van der Waals surface area contributed by atoms with E-state index in [1.54, 1.807) is 0 Å². The fraction of sp³-hybridized carbons (Fsp3) is 0.438. The molecule has 2 atom stereocenters. The summed E-state index contributed by atoms with van der Waals surface area (Å²) < 4.78 is 18.4. The number of ether oxygens (including phenoxy) is 2. The third-order valence-corrected chi connectivity index (χ3v) is 6.34. The molecule has 0 saturated heterocycles. The van der Waals surface area contributed by atoms with Crippen molar-refractivity contribution >= 4 is 17.8 Å². The molecule has 2 unspecified atom stereocenters. The van der Waals surface area contributed by atoms with Crippen molar-refractivity contribution in [3.05, 3.63) is 84.5 Å². The van der Waals surface area contributed by atoms with E-state index in [0.29, 0.717) is 24.2 Å². The predicted octanol–water partition coefficient (Wildman–Crippen LogP) is 7.18. The van der Waals surface area contributed by atoms with Crippen LogP contribution in [0, 0.1) is 29.9 Å². The van der Waals surface area contributed by atoms with Crippen molar-refractivity contribution in [3.8, 4) is 5.75 Å². The number of allylic oxidation sites excluding steroid dienone is 1. The molecule has 0 aliphatic heterocycles. The van der Waals surface area contributed by atoms with E-state index in [2.05, 4.69) is 61.2 Å². The zero-order valence-electron chi connectivity index (χ0n) is 22.7. The van der Waals surface area contributed by atoms with Crippen molar-refractivity contribution in [2.75, 3.05) is 13.2 Å². The molecule has 38 heavy (non-hydrogen) atoms. The topological polar surface area (TPSA) is 69.7 Å². The van der Waals surface area contributed by atoms with Crippen molar-refractivity contribution in [2.45, 2.75) is 59.3 Å². The molecule has 5 nitrogen and oxygen atoms in total. The summed E-state index contributed by atoms with van der Waals surface area (Å²) in [5.74, 6) is 1.93. The van der Waals surface area contributed by atoms with E-state index >= 15 is 0 Å². The molecule has 0 aromatic heterocycles. The van der Waals surface area contributed by atoms with Crippen LogP contribution in [0.5, 0.6) is 5.75 Å². The summed E-state index contributed by atoms with van der Waals surface area (Å²) >= 11 is 2.31. The summed E-state index contributed by atoms with van der Waals surface area (Å²) in [6, 6.07) is 21.2. The van der Waals surface area contributed by atoms with Crippen LogP contribution in [0.4, 0.5) is 0 Å². The quantitative estimate of drug-likeness (QED) is 0.125. The number of hydrogen-bond donors (Lipinski definition) is 0. The summed E-state index contributed by atoms with van der Waals surface area (Å²) in [5, 5.41) is 0. The molecular formula is C32H40CoO5-2. The summed E-state index contributed by atoms with van der Waals surface area (Å²) in [7, 11) is 0. The average molecular weight is 564 g/mol. The van der Waals surface area contributed by atoms with E-state index in [1.807, 2.05) is 48.5 Å². The number of hydrogen-bond acceptors (Lipinski definition) is 5. The Labute approximate surface area is 236 Å². The van der Waals surface area contributed by atoms with Crippen LogP contribution >= 0.6 is 0 Å². The first-order chi connectivity index (χ1) is 18.4. The van der Waals surface area contributed by atoms with Gasteiger partial charge in [0.25, 0.3) is 0 Å². The monoisotopic (exact) mass is 563 g/mol. The van der Waals surface area contributed by atoms with Crippen LogP contribution in [0.25, 0.3) is 6.08 Å². The third-order valence-electron chi connectivity index (χ3n) is 6.34. The fourth-order valence-electron chi connectivity index (χ4n) is 4.15. The minimum atomic E-state index is -0.348. The second kappa shape index (κ2) is 20.2. The molecule has 6 heteroatoms. The van der Waals surface area contributed by atoms with Crippen LogP contribution in [0.1, 0.15) is 64.9 Å². The number of ketones is 1. The second-order valence-electron chi connectivity index (χ2n) is 9.50. The Morgan fingerprint density at radius 2 is 1.58 bits per heavy atom. The van der Waals surface area contributed by atoms with Gasteiger partial charge in [0.1, 0.15) is 0 Å². The van der Waals surface area contributed by atoms with Crippen LogP contribution in [0.15, 0.2) is 66.8 Å². The number of esters is 1. The van der Waals surface area contributed by atoms with Crippen molar-refractivity contribution in [3.63, 3.8) is 0 Å². The fourth-order valence-corrected chi connectivity index (χ4v) is 4.15. The molecule has 0 N–H and O–H groups in total. The van der Waals surface area contributed by atoms with Gasteiger partial charge in [-0.2, -0.15) is 48.5 Å². The van der Waals surface area contributed by atoms with E-state index < -0.39 is 0 Å². The Balaban J connectivity index is 0.000000357. The normalized spacial score (nSPS) is 17.5. The van der Waals surface area contributed by atoms with E-state index in [0.717, 1.165) is 62.0 Å². The van der Waals surface area contributed by atoms with Gasteiger partial charge in [-0.05, 0) is 55.9 Å². The molecule has 1 aliphatic rings. The van der Waals surface area contributed by atoms with Crippen LogP contribution in [0.2, 0.25) is 0 Å². The molecule has 1 saturated carbocycles. The first-order valence-corrected chi connectivity index (χ1v) is 13.6. The van der Waals surface area contributed by atoms with Gasteiger partial charge in [0.15, 0.2) is 5.78 Å². The zero-order valence-corrected chi connectivity index (χ0v) is 23.8. The molecule has 0 spiro atoms. The summed E-state index contributed by atoms with van der Waals surface area (Å²) in [6.45, 7) is 11.0. The number of unbranched alkanes of at least 4 members (excludes halogenated alkanes) is 3. The number of benzene rings is 2. The Morgan fingerprint density at radius 1 is 1.00 bits per heavy atom. The van der Waals surface area contributed by atoms with Crippen LogP contribution in [-0.2, 0) is 33.9 Å². The predicted molar refractivity (Wildman–Crippen MR) is 146 cm³/mol.